The average Bonchev–Trinajstić information content (AvgIpc) is 2.26. The number of alkyl halides is 1. The number of ether oxygens (including phenoxy) is 1. The average molecular weight is 281 g/mol. The zero-order valence-electron chi connectivity index (χ0n) is 9.85. The van der Waals surface area contributed by atoms with Crippen molar-refractivity contribution in [3.63, 3.8) is 0 Å². The van der Waals surface area contributed by atoms with Crippen molar-refractivity contribution < 1.29 is 4.74 Å². The van der Waals surface area contributed by atoms with E-state index in [2.05, 4.69) is 54.6 Å². The number of aryl methyl sites for hydroxylation is 1. The zero-order chi connectivity index (χ0) is 11.8. The van der Waals surface area contributed by atoms with Gasteiger partial charge in [-0.2, -0.15) is 0 Å². The minimum Gasteiger partial charge on any atom is -0.488 e. The molecule has 0 amide bonds. The largest absolute Gasteiger partial charge is 0.488 e. The van der Waals surface area contributed by atoms with Gasteiger partial charge >= 0.3 is 0 Å². The highest BCUT2D eigenvalue weighted by molar-refractivity contribution is 9.09. The molecule has 0 N–H and O–H groups in total. The van der Waals surface area contributed by atoms with Crippen LogP contribution in [0.4, 0.5) is 0 Å². The summed E-state index contributed by atoms with van der Waals surface area (Å²) >= 11 is 3.43. The fourth-order valence-electron chi connectivity index (χ4n) is 1.96. The molecular weight excluding hydrogens is 264 g/mol. The van der Waals surface area contributed by atoms with Crippen LogP contribution in [-0.4, -0.2) is 10.9 Å². The highest BCUT2D eigenvalue weighted by Crippen LogP contribution is 2.34. The summed E-state index contributed by atoms with van der Waals surface area (Å²) in [6.45, 7) is 8.31. The molecule has 0 bridgehead atoms. The summed E-state index contributed by atoms with van der Waals surface area (Å²) in [5.74, 6) is 1.03. The van der Waals surface area contributed by atoms with E-state index < -0.39 is 0 Å². The van der Waals surface area contributed by atoms with Crippen LogP contribution in [0.3, 0.4) is 0 Å². The van der Waals surface area contributed by atoms with Crippen molar-refractivity contribution in [2.24, 2.45) is 0 Å². The molecule has 0 unspecified atom stereocenters. The first kappa shape index (κ1) is 11.7. The lowest BCUT2D eigenvalue weighted by molar-refractivity contribution is 0.0847. The molecule has 16 heavy (non-hydrogen) atoms. The van der Waals surface area contributed by atoms with Gasteiger partial charge in [-0.25, -0.2) is 0 Å². The summed E-state index contributed by atoms with van der Waals surface area (Å²) in [5.41, 5.74) is 3.60. The minimum atomic E-state index is -0.0268. The molecule has 0 fully saturated rings. The molecule has 1 nitrogen and oxygen atoms in total. The number of hydrogen-bond acceptors (Lipinski definition) is 1. The molecule has 0 radical (unpaired) electrons. The van der Waals surface area contributed by atoms with Crippen molar-refractivity contribution in [3.8, 4) is 5.75 Å². The van der Waals surface area contributed by atoms with Gasteiger partial charge in [-0.1, -0.05) is 28.6 Å². The molecule has 0 spiro atoms. The van der Waals surface area contributed by atoms with Gasteiger partial charge in [-0.05, 0) is 55.5 Å². The molecule has 1 aliphatic heterocycles. The van der Waals surface area contributed by atoms with Crippen LogP contribution in [0.2, 0.25) is 0 Å². The molecule has 2 heteroatoms. The first-order valence-corrected chi connectivity index (χ1v) is 6.70. The molecular formula is C14H17BrO. The first-order chi connectivity index (χ1) is 7.52. The Bertz CT molecular complexity index is 421. The number of rotatable bonds is 2. The fourth-order valence-corrected chi connectivity index (χ4v) is 2.28. The van der Waals surface area contributed by atoms with Crippen LogP contribution in [0.5, 0.6) is 5.75 Å². The Morgan fingerprint density at radius 1 is 1.50 bits per heavy atom. The third-order valence-corrected chi connectivity index (χ3v) is 3.69. The molecule has 2 rings (SSSR count). The van der Waals surface area contributed by atoms with Crippen LogP contribution in [0.1, 0.15) is 31.4 Å². The van der Waals surface area contributed by atoms with Crippen LogP contribution in [0, 0.1) is 0 Å². The molecule has 1 aromatic carbocycles. The van der Waals surface area contributed by atoms with Gasteiger partial charge < -0.3 is 4.74 Å². The molecule has 0 atom stereocenters. The maximum atomic E-state index is 5.95. The molecule has 1 aromatic rings. The maximum absolute atomic E-state index is 5.95. The van der Waals surface area contributed by atoms with Gasteiger partial charge in [0.05, 0.1) is 0 Å². The lowest BCUT2D eigenvalue weighted by atomic mass is 9.92. The Morgan fingerprint density at radius 2 is 2.25 bits per heavy atom. The SMILES string of the molecule is C=C(CBr)c1ccc2c(c1)CCC(C)(C)O2. The molecule has 0 saturated carbocycles. The van der Waals surface area contributed by atoms with Gasteiger partial charge in [0.1, 0.15) is 11.4 Å². The smallest absolute Gasteiger partial charge is 0.123 e. The van der Waals surface area contributed by atoms with Gasteiger partial charge in [0.2, 0.25) is 0 Å². The van der Waals surface area contributed by atoms with Crippen molar-refractivity contribution in [2.45, 2.75) is 32.3 Å². The van der Waals surface area contributed by atoms with Gasteiger partial charge in [0.25, 0.3) is 0 Å². The fraction of sp³-hybridized carbons (Fsp3) is 0.429. The summed E-state index contributed by atoms with van der Waals surface area (Å²) in [6, 6.07) is 6.36. The number of allylic oxidation sites excluding steroid dienone is 1. The Labute approximate surface area is 106 Å². The van der Waals surface area contributed by atoms with E-state index in [4.69, 9.17) is 4.74 Å². The predicted molar refractivity (Wildman–Crippen MR) is 72.3 cm³/mol. The Hall–Kier alpha value is -0.760. The van der Waals surface area contributed by atoms with Crippen LogP contribution >= 0.6 is 15.9 Å². The number of fused-ring (bicyclic) bond motifs is 1. The second kappa shape index (κ2) is 4.25. The second-order valence-corrected chi connectivity index (χ2v) is 5.48. The predicted octanol–water partition coefficient (Wildman–Crippen LogP) is 4.20. The summed E-state index contributed by atoms with van der Waals surface area (Å²) in [5, 5.41) is 0.818. The monoisotopic (exact) mass is 280 g/mol. The van der Waals surface area contributed by atoms with E-state index >= 15 is 0 Å². The molecule has 0 aliphatic carbocycles. The summed E-state index contributed by atoms with van der Waals surface area (Å²) < 4.78 is 5.95. The van der Waals surface area contributed by atoms with Crippen molar-refractivity contribution in [1.82, 2.24) is 0 Å². The van der Waals surface area contributed by atoms with Gasteiger partial charge in [-0.15, -0.1) is 0 Å². The number of halogens is 1. The Kier molecular flexibility index (Phi) is 3.11. The van der Waals surface area contributed by atoms with Crippen molar-refractivity contribution in [2.75, 3.05) is 5.33 Å². The van der Waals surface area contributed by atoms with E-state index in [0.29, 0.717) is 0 Å². The maximum Gasteiger partial charge on any atom is 0.123 e. The van der Waals surface area contributed by atoms with Gasteiger partial charge in [0.15, 0.2) is 0 Å². The van der Waals surface area contributed by atoms with Crippen LogP contribution < -0.4 is 4.74 Å². The molecule has 0 saturated heterocycles. The lowest BCUT2D eigenvalue weighted by Crippen LogP contribution is -2.32. The molecule has 1 heterocycles. The van der Waals surface area contributed by atoms with E-state index in [1.54, 1.807) is 0 Å². The first-order valence-electron chi connectivity index (χ1n) is 5.58. The van der Waals surface area contributed by atoms with E-state index in [1.807, 2.05) is 0 Å². The van der Waals surface area contributed by atoms with E-state index in [-0.39, 0.29) is 5.60 Å². The van der Waals surface area contributed by atoms with Gasteiger partial charge in [-0.3, -0.25) is 0 Å². The van der Waals surface area contributed by atoms with E-state index in [9.17, 15) is 0 Å². The minimum absolute atomic E-state index is 0.0268. The second-order valence-electron chi connectivity index (χ2n) is 4.92. The highest BCUT2D eigenvalue weighted by atomic mass is 79.9. The Morgan fingerprint density at radius 3 is 2.94 bits per heavy atom. The summed E-state index contributed by atoms with van der Waals surface area (Å²) in [6.07, 6.45) is 2.16. The Balaban J connectivity index is 2.32. The van der Waals surface area contributed by atoms with Gasteiger partial charge in [0, 0.05) is 5.33 Å². The van der Waals surface area contributed by atoms with Crippen molar-refractivity contribution in [3.05, 3.63) is 35.9 Å². The summed E-state index contributed by atoms with van der Waals surface area (Å²) in [4.78, 5) is 0. The lowest BCUT2D eigenvalue weighted by Gasteiger charge is -2.32. The quantitative estimate of drug-likeness (QED) is 0.738. The normalized spacial score (nSPS) is 17.4. The molecule has 1 aliphatic rings. The van der Waals surface area contributed by atoms with E-state index in [0.717, 1.165) is 29.5 Å². The van der Waals surface area contributed by atoms with Crippen LogP contribution in [-0.2, 0) is 6.42 Å². The zero-order valence-corrected chi connectivity index (χ0v) is 11.4. The molecule has 0 aromatic heterocycles. The third-order valence-electron chi connectivity index (χ3n) is 3.01. The highest BCUT2D eigenvalue weighted by Gasteiger charge is 2.26. The molecule has 86 valence electrons. The van der Waals surface area contributed by atoms with Crippen molar-refractivity contribution >= 4 is 21.5 Å². The topological polar surface area (TPSA) is 9.23 Å². The van der Waals surface area contributed by atoms with Crippen LogP contribution in [0.15, 0.2) is 24.8 Å². The number of benzene rings is 1. The third kappa shape index (κ3) is 2.32. The summed E-state index contributed by atoms with van der Waals surface area (Å²) in [7, 11) is 0. The van der Waals surface area contributed by atoms with E-state index in [1.165, 1.54) is 11.1 Å². The van der Waals surface area contributed by atoms with Crippen LogP contribution in [0.25, 0.3) is 5.57 Å². The number of hydrogen-bond donors (Lipinski definition) is 0. The van der Waals surface area contributed by atoms with Crippen molar-refractivity contribution in [1.29, 1.82) is 0 Å². The standard InChI is InChI=1S/C14H17BrO/c1-10(9-15)11-4-5-13-12(8-11)6-7-14(2,3)16-13/h4-5,8H,1,6-7,9H2,2-3H3.